The first-order valence-corrected chi connectivity index (χ1v) is 6.27. The molecule has 94 valence electrons. The average molecular weight is 236 g/mol. The number of nitrogens with one attached hydrogen (secondary N) is 1. The molecule has 0 aliphatic carbocycles. The molecule has 2 heterocycles. The Morgan fingerprint density at radius 1 is 1.53 bits per heavy atom. The van der Waals surface area contributed by atoms with Crippen molar-refractivity contribution in [2.75, 3.05) is 26.7 Å². The van der Waals surface area contributed by atoms with Crippen LogP contribution in [-0.4, -0.2) is 37.5 Å². The average Bonchev–Trinajstić information content (AvgIpc) is 2.90. The second kappa shape index (κ2) is 5.87. The SMILES string of the molecule is CN(CCC1CCNCC1)C(=O)c1ccco1. The van der Waals surface area contributed by atoms with Gasteiger partial charge in [0.15, 0.2) is 5.76 Å². The molecule has 0 radical (unpaired) electrons. The van der Waals surface area contributed by atoms with Crippen LogP contribution in [0.5, 0.6) is 0 Å². The normalized spacial score (nSPS) is 17.0. The zero-order chi connectivity index (χ0) is 12.1. The largest absolute Gasteiger partial charge is 0.459 e. The van der Waals surface area contributed by atoms with Crippen LogP contribution in [0.15, 0.2) is 22.8 Å². The van der Waals surface area contributed by atoms with Crippen LogP contribution in [0.25, 0.3) is 0 Å². The minimum Gasteiger partial charge on any atom is -0.459 e. The molecule has 0 bridgehead atoms. The fraction of sp³-hybridized carbons (Fsp3) is 0.615. The van der Waals surface area contributed by atoms with Gasteiger partial charge in [-0.1, -0.05) is 0 Å². The maximum atomic E-state index is 11.9. The Morgan fingerprint density at radius 2 is 2.29 bits per heavy atom. The van der Waals surface area contributed by atoms with Crippen molar-refractivity contribution in [3.05, 3.63) is 24.2 Å². The fourth-order valence-corrected chi connectivity index (χ4v) is 2.24. The molecular weight excluding hydrogens is 216 g/mol. The first-order chi connectivity index (χ1) is 8.27. The van der Waals surface area contributed by atoms with Crippen LogP contribution in [0.2, 0.25) is 0 Å². The molecule has 17 heavy (non-hydrogen) atoms. The van der Waals surface area contributed by atoms with Gasteiger partial charge in [0.05, 0.1) is 6.26 Å². The molecule has 0 saturated carbocycles. The lowest BCUT2D eigenvalue weighted by Gasteiger charge is -2.24. The number of hydrogen-bond acceptors (Lipinski definition) is 3. The molecule has 1 saturated heterocycles. The molecule has 4 nitrogen and oxygen atoms in total. The van der Waals surface area contributed by atoms with E-state index in [1.165, 1.54) is 19.1 Å². The van der Waals surface area contributed by atoms with Crippen molar-refractivity contribution >= 4 is 5.91 Å². The molecule has 1 amide bonds. The van der Waals surface area contributed by atoms with Gasteiger partial charge in [-0.25, -0.2) is 0 Å². The molecule has 1 aliphatic rings. The fourth-order valence-electron chi connectivity index (χ4n) is 2.24. The summed E-state index contributed by atoms with van der Waals surface area (Å²) in [5.74, 6) is 1.16. The van der Waals surface area contributed by atoms with Crippen LogP contribution in [0.3, 0.4) is 0 Å². The monoisotopic (exact) mass is 236 g/mol. The first-order valence-electron chi connectivity index (χ1n) is 6.27. The molecule has 0 aromatic carbocycles. The van der Waals surface area contributed by atoms with Crippen LogP contribution in [0.4, 0.5) is 0 Å². The van der Waals surface area contributed by atoms with E-state index in [-0.39, 0.29) is 5.91 Å². The van der Waals surface area contributed by atoms with Crippen LogP contribution in [0.1, 0.15) is 29.8 Å². The van der Waals surface area contributed by atoms with Crippen LogP contribution in [-0.2, 0) is 0 Å². The molecule has 1 fully saturated rings. The highest BCUT2D eigenvalue weighted by molar-refractivity contribution is 5.91. The quantitative estimate of drug-likeness (QED) is 0.866. The van der Waals surface area contributed by atoms with Gasteiger partial charge in [0.2, 0.25) is 0 Å². The summed E-state index contributed by atoms with van der Waals surface area (Å²) in [6.45, 7) is 3.03. The number of rotatable bonds is 4. The van der Waals surface area contributed by atoms with Gasteiger partial charge in [-0.15, -0.1) is 0 Å². The van der Waals surface area contributed by atoms with E-state index in [1.807, 2.05) is 7.05 Å². The molecule has 1 aromatic rings. The molecule has 2 rings (SSSR count). The summed E-state index contributed by atoms with van der Waals surface area (Å²) in [7, 11) is 1.84. The minimum absolute atomic E-state index is 0.0241. The number of piperidine rings is 1. The van der Waals surface area contributed by atoms with Gasteiger partial charge < -0.3 is 14.6 Å². The first kappa shape index (κ1) is 12.2. The van der Waals surface area contributed by atoms with Gasteiger partial charge in [-0.2, -0.15) is 0 Å². The predicted octanol–water partition coefficient (Wildman–Crippen LogP) is 1.74. The summed E-state index contributed by atoms with van der Waals surface area (Å²) >= 11 is 0. The Bertz CT molecular complexity index is 342. The minimum atomic E-state index is -0.0241. The highest BCUT2D eigenvalue weighted by atomic mass is 16.3. The van der Waals surface area contributed by atoms with E-state index in [9.17, 15) is 4.79 Å². The van der Waals surface area contributed by atoms with Gasteiger partial charge in [0.1, 0.15) is 0 Å². The third kappa shape index (κ3) is 3.33. The number of furan rings is 1. The third-order valence-electron chi connectivity index (χ3n) is 3.41. The van der Waals surface area contributed by atoms with Crippen molar-refractivity contribution in [1.82, 2.24) is 10.2 Å². The van der Waals surface area contributed by atoms with E-state index < -0.39 is 0 Å². The Kier molecular flexibility index (Phi) is 4.20. The zero-order valence-corrected chi connectivity index (χ0v) is 10.3. The van der Waals surface area contributed by atoms with E-state index in [4.69, 9.17) is 4.42 Å². The van der Waals surface area contributed by atoms with E-state index >= 15 is 0 Å². The van der Waals surface area contributed by atoms with Crippen LogP contribution >= 0.6 is 0 Å². The topological polar surface area (TPSA) is 45.5 Å². The molecule has 0 unspecified atom stereocenters. The summed E-state index contributed by atoms with van der Waals surface area (Å²) in [6, 6.07) is 3.46. The van der Waals surface area contributed by atoms with Gasteiger partial charge in [0.25, 0.3) is 5.91 Å². The number of hydrogen-bond donors (Lipinski definition) is 1. The highest BCUT2D eigenvalue weighted by Gasteiger charge is 2.17. The molecule has 4 heteroatoms. The van der Waals surface area contributed by atoms with Gasteiger partial charge in [0, 0.05) is 13.6 Å². The summed E-state index contributed by atoms with van der Waals surface area (Å²) in [5.41, 5.74) is 0. The standard InChI is InChI=1S/C13H20N2O2/c1-15(13(16)12-3-2-10-17-12)9-6-11-4-7-14-8-5-11/h2-3,10-11,14H,4-9H2,1H3. The van der Waals surface area contributed by atoms with Crippen molar-refractivity contribution in [2.45, 2.75) is 19.3 Å². The van der Waals surface area contributed by atoms with E-state index in [1.54, 1.807) is 17.0 Å². The lowest BCUT2D eigenvalue weighted by atomic mass is 9.94. The van der Waals surface area contributed by atoms with Crippen molar-refractivity contribution in [2.24, 2.45) is 5.92 Å². The second-order valence-corrected chi connectivity index (χ2v) is 4.69. The Hall–Kier alpha value is -1.29. The molecule has 1 aliphatic heterocycles. The predicted molar refractivity (Wildman–Crippen MR) is 65.9 cm³/mol. The lowest BCUT2D eigenvalue weighted by Crippen LogP contribution is -2.32. The van der Waals surface area contributed by atoms with E-state index in [0.717, 1.165) is 32.0 Å². The summed E-state index contributed by atoms with van der Waals surface area (Å²) in [4.78, 5) is 13.6. The van der Waals surface area contributed by atoms with Crippen molar-refractivity contribution in [1.29, 1.82) is 0 Å². The van der Waals surface area contributed by atoms with Crippen molar-refractivity contribution in [3.63, 3.8) is 0 Å². The van der Waals surface area contributed by atoms with Gasteiger partial charge in [-0.3, -0.25) is 4.79 Å². The maximum Gasteiger partial charge on any atom is 0.289 e. The van der Waals surface area contributed by atoms with Gasteiger partial charge in [-0.05, 0) is 50.4 Å². The van der Waals surface area contributed by atoms with Crippen molar-refractivity contribution in [3.8, 4) is 0 Å². The molecule has 0 spiro atoms. The van der Waals surface area contributed by atoms with Crippen LogP contribution in [0, 0.1) is 5.92 Å². The Labute approximate surface area is 102 Å². The summed E-state index contributed by atoms with van der Waals surface area (Å²) < 4.78 is 5.11. The smallest absolute Gasteiger partial charge is 0.289 e. The molecule has 1 aromatic heterocycles. The molecular formula is C13H20N2O2. The molecule has 0 atom stereocenters. The molecule has 1 N–H and O–H groups in total. The second-order valence-electron chi connectivity index (χ2n) is 4.69. The summed E-state index contributed by atoms with van der Waals surface area (Å²) in [5, 5.41) is 3.35. The highest BCUT2D eigenvalue weighted by Crippen LogP contribution is 2.16. The van der Waals surface area contributed by atoms with Crippen molar-refractivity contribution < 1.29 is 9.21 Å². The summed E-state index contributed by atoms with van der Waals surface area (Å²) in [6.07, 6.45) is 5.07. The third-order valence-corrected chi connectivity index (χ3v) is 3.41. The Morgan fingerprint density at radius 3 is 2.94 bits per heavy atom. The Balaban J connectivity index is 1.76. The maximum absolute atomic E-state index is 11.9. The number of amides is 1. The zero-order valence-electron chi connectivity index (χ0n) is 10.3. The van der Waals surface area contributed by atoms with E-state index in [0.29, 0.717) is 5.76 Å². The number of carbonyl (C=O) groups excluding carboxylic acids is 1. The number of nitrogens with zero attached hydrogens (tertiary/aromatic N) is 1. The van der Waals surface area contributed by atoms with Gasteiger partial charge >= 0.3 is 0 Å². The lowest BCUT2D eigenvalue weighted by molar-refractivity contribution is 0.0753. The number of carbonyl (C=O) groups is 1. The van der Waals surface area contributed by atoms with Crippen LogP contribution < -0.4 is 5.32 Å². The van der Waals surface area contributed by atoms with E-state index in [2.05, 4.69) is 5.32 Å².